The zero-order valence-corrected chi connectivity index (χ0v) is 12.9. The van der Waals surface area contributed by atoms with E-state index in [1.807, 2.05) is 60.3 Å². The Morgan fingerprint density at radius 1 is 1.13 bits per heavy atom. The van der Waals surface area contributed by atoms with Crippen molar-refractivity contribution < 1.29 is 4.79 Å². The fourth-order valence-corrected chi connectivity index (χ4v) is 2.36. The molecule has 5 nitrogen and oxygen atoms in total. The molecule has 5 heteroatoms. The first-order valence-corrected chi connectivity index (χ1v) is 7.49. The maximum absolute atomic E-state index is 12.3. The smallest absolute Gasteiger partial charge is 0.251 e. The van der Waals surface area contributed by atoms with Gasteiger partial charge in [0.05, 0.1) is 12.6 Å². The van der Waals surface area contributed by atoms with Crippen molar-refractivity contribution in [3.05, 3.63) is 83.9 Å². The number of nitrogens with one attached hydrogen (secondary N) is 1. The molecule has 0 aliphatic rings. The third-order valence-electron chi connectivity index (χ3n) is 3.67. The third-order valence-corrected chi connectivity index (χ3v) is 3.67. The first-order chi connectivity index (χ1) is 11.2. The van der Waals surface area contributed by atoms with Crippen LogP contribution in [-0.2, 0) is 6.54 Å². The second kappa shape index (κ2) is 6.87. The van der Waals surface area contributed by atoms with Crippen LogP contribution in [0.15, 0.2) is 67.3 Å². The normalized spacial score (nSPS) is 11.9. The third kappa shape index (κ3) is 3.83. The summed E-state index contributed by atoms with van der Waals surface area (Å²) in [5.74, 6) is -0.0834. The molecule has 0 aliphatic carbocycles. The van der Waals surface area contributed by atoms with Crippen LogP contribution in [0.25, 0.3) is 0 Å². The molecule has 0 unspecified atom stereocenters. The van der Waals surface area contributed by atoms with Crippen LogP contribution in [0.4, 0.5) is 0 Å². The topological polar surface area (TPSA) is 59.8 Å². The zero-order valence-electron chi connectivity index (χ0n) is 12.9. The first-order valence-electron chi connectivity index (χ1n) is 7.49. The SMILES string of the molecule is C[C@H](NC(=O)c1ccc(Cn2cccn2)cc1)c1ccncc1. The summed E-state index contributed by atoms with van der Waals surface area (Å²) in [5, 5.41) is 7.17. The lowest BCUT2D eigenvalue weighted by atomic mass is 10.1. The van der Waals surface area contributed by atoms with Crippen molar-refractivity contribution in [1.29, 1.82) is 0 Å². The van der Waals surface area contributed by atoms with E-state index in [1.165, 1.54) is 0 Å². The van der Waals surface area contributed by atoms with Gasteiger partial charge in [-0.1, -0.05) is 12.1 Å². The van der Waals surface area contributed by atoms with Gasteiger partial charge in [-0.15, -0.1) is 0 Å². The quantitative estimate of drug-likeness (QED) is 0.788. The van der Waals surface area contributed by atoms with Crippen molar-refractivity contribution in [3.63, 3.8) is 0 Å². The van der Waals surface area contributed by atoms with Crippen LogP contribution in [0.3, 0.4) is 0 Å². The number of benzene rings is 1. The van der Waals surface area contributed by atoms with Crippen LogP contribution in [-0.4, -0.2) is 20.7 Å². The highest BCUT2D eigenvalue weighted by Gasteiger charge is 2.11. The Hall–Kier alpha value is -2.95. The van der Waals surface area contributed by atoms with Crippen molar-refractivity contribution >= 4 is 5.91 Å². The van der Waals surface area contributed by atoms with Gasteiger partial charge in [0.25, 0.3) is 5.91 Å². The van der Waals surface area contributed by atoms with Gasteiger partial charge < -0.3 is 5.32 Å². The number of carbonyl (C=O) groups is 1. The largest absolute Gasteiger partial charge is 0.346 e. The standard InChI is InChI=1S/C18H18N4O/c1-14(16-7-10-19-11-8-16)21-18(23)17-5-3-15(4-6-17)13-22-12-2-9-20-22/h2-12,14H,13H2,1H3,(H,21,23)/t14-/m0/s1. The second-order valence-electron chi connectivity index (χ2n) is 5.38. The summed E-state index contributed by atoms with van der Waals surface area (Å²) in [5.41, 5.74) is 2.78. The first kappa shape index (κ1) is 15.0. The fourth-order valence-electron chi connectivity index (χ4n) is 2.36. The predicted molar refractivity (Wildman–Crippen MR) is 87.9 cm³/mol. The van der Waals surface area contributed by atoms with E-state index in [-0.39, 0.29) is 11.9 Å². The molecule has 116 valence electrons. The van der Waals surface area contributed by atoms with E-state index in [0.717, 1.165) is 11.1 Å². The molecule has 0 radical (unpaired) electrons. The molecule has 2 heterocycles. The van der Waals surface area contributed by atoms with Crippen LogP contribution >= 0.6 is 0 Å². The number of nitrogens with zero attached hydrogens (tertiary/aromatic N) is 3. The molecular weight excluding hydrogens is 288 g/mol. The van der Waals surface area contributed by atoms with Gasteiger partial charge in [-0.3, -0.25) is 14.5 Å². The van der Waals surface area contributed by atoms with Crippen molar-refractivity contribution in [2.75, 3.05) is 0 Å². The van der Waals surface area contributed by atoms with Gasteiger partial charge in [0.1, 0.15) is 0 Å². The van der Waals surface area contributed by atoms with Gasteiger partial charge in [-0.2, -0.15) is 5.10 Å². The molecule has 0 bridgehead atoms. The van der Waals surface area contributed by atoms with Crippen molar-refractivity contribution in [2.24, 2.45) is 0 Å². The maximum atomic E-state index is 12.3. The number of aromatic nitrogens is 3. The van der Waals surface area contributed by atoms with Crippen LogP contribution in [0.5, 0.6) is 0 Å². The number of rotatable bonds is 5. The van der Waals surface area contributed by atoms with Gasteiger partial charge in [0, 0.05) is 30.4 Å². The van der Waals surface area contributed by atoms with E-state index in [4.69, 9.17) is 0 Å². The minimum absolute atomic E-state index is 0.0609. The van der Waals surface area contributed by atoms with Crippen molar-refractivity contribution in [3.8, 4) is 0 Å². The van der Waals surface area contributed by atoms with Gasteiger partial charge in [-0.25, -0.2) is 0 Å². The number of hydrogen-bond acceptors (Lipinski definition) is 3. The Morgan fingerprint density at radius 3 is 2.52 bits per heavy atom. The molecule has 1 amide bonds. The Morgan fingerprint density at radius 2 is 1.87 bits per heavy atom. The Kier molecular flexibility index (Phi) is 4.47. The minimum atomic E-state index is -0.0834. The van der Waals surface area contributed by atoms with E-state index < -0.39 is 0 Å². The molecule has 0 spiro atoms. The van der Waals surface area contributed by atoms with Gasteiger partial charge >= 0.3 is 0 Å². The van der Waals surface area contributed by atoms with Crippen molar-refractivity contribution in [1.82, 2.24) is 20.1 Å². The van der Waals surface area contributed by atoms with Gasteiger partial charge in [0.15, 0.2) is 0 Å². The second-order valence-corrected chi connectivity index (χ2v) is 5.38. The average molecular weight is 306 g/mol. The summed E-state index contributed by atoms with van der Waals surface area (Å²) in [6, 6.07) is 13.2. The van der Waals surface area contributed by atoms with Crippen LogP contribution in [0.2, 0.25) is 0 Å². The molecule has 0 fully saturated rings. The van der Waals surface area contributed by atoms with E-state index in [1.54, 1.807) is 18.6 Å². The maximum Gasteiger partial charge on any atom is 0.251 e. The molecule has 0 saturated carbocycles. The Labute approximate surface area is 135 Å². The van der Waals surface area contributed by atoms with E-state index in [9.17, 15) is 4.79 Å². The highest BCUT2D eigenvalue weighted by molar-refractivity contribution is 5.94. The minimum Gasteiger partial charge on any atom is -0.346 e. The summed E-state index contributed by atoms with van der Waals surface area (Å²) < 4.78 is 1.85. The summed E-state index contributed by atoms with van der Waals surface area (Å²) >= 11 is 0. The molecule has 0 saturated heterocycles. The van der Waals surface area contributed by atoms with Gasteiger partial charge in [0.2, 0.25) is 0 Å². The van der Waals surface area contributed by atoms with Crippen LogP contribution in [0.1, 0.15) is 34.5 Å². The summed E-state index contributed by atoms with van der Waals surface area (Å²) in [7, 11) is 0. The van der Waals surface area contributed by atoms with E-state index >= 15 is 0 Å². The lowest BCUT2D eigenvalue weighted by Gasteiger charge is -2.14. The van der Waals surface area contributed by atoms with Gasteiger partial charge in [-0.05, 0) is 48.4 Å². The van der Waals surface area contributed by atoms with E-state index in [0.29, 0.717) is 12.1 Å². The molecule has 1 N–H and O–H groups in total. The predicted octanol–water partition coefficient (Wildman–Crippen LogP) is 2.82. The molecule has 23 heavy (non-hydrogen) atoms. The molecule has 3 rings (SSSR count). The lowest BCUT2D eigenvalue weighted by Crippen LogP contribution is -2.26. The molecule has 2 aromatic heterocycles. The molecular formula is C18H18N4O. The molecule has 0 aliphatic heterocycles. The fraction of sp³-hybridized carbons (Fsp3) is 0.167. The number of amides is 1. The number of carbonyl (C=O) groups excluding carboxylic acids is 1. The van der Waals surface area contributed by atoms with Crippen molar-refractivity contribution in [2.45, 2.75) is 19.5 Å². The number of hydrogen-bond donors (Lipinski definition) is 1. The zero-order chi connectivity index (χ0) is 16.1. The van der Waals surface area contributed by atoms with Crippen LogP contribution in [0, 0.1) is 0 Å². The van der Waals surface area contributed by atoms with E-state index in [2.05, 4.69) is 15.4 Å². The highest BCUT2D eigenvalue weighted by atomic mass is 16.1. The number of pyridine rings is 1. The summed E-state index contributed by atoms with van der Waals surface area (Å²) in [6.45, 7) is 2.65. The summed E-state index contributed by atoms with van der Waals surface area (Å²) in [6.07, 6.45) is 7.11. The average Bonchev–Trinajstić information content (AvgIpc) is 3.09. The molecule has 1 aromatic carbocycles. The van der Waals surface area contributed by atoms with Crippen LogP contribution < -0.4 is 5.32 Å². The molecule has 1 atom stereocenters. The summed E-state index contributed by atoms with van der Waals surface area (Å²) in [4.78, 5) is 16.3. The Bertz CT molecular complexity index is 751. The monoisotopic (exact) mass is 306 g/mol. The highest BCUT2D eigenvalue weighted by Crippen LogP contribution is 2.12. The molecule has 3 aromatic rings. The lowest BCUT2D eigenvalue weighted by molar-refractivity contribution is 0.0940. The Balaban J connectivity index is 1.63.